The standard InChI is InChI=1S/C10H17NO2/c1-8(2)13-10(12)9-5-4-6-11(3)7-9/h9H,1,4-7H2,2-3H3. The van der Waals surface area contributed by atoms with E-state index in [1.165, 1.54) is 0 Å². The minimum Gasteiger partial charge on any atom is -0.432 e. The summed E-state index contributed by atoms with van der Waals surface area (Å²) in [6, 6.07) is 0. The van der Waals surface area contributed by atoms with Crippen molar-refractivity contribution in [3.8, 4) is 0 Å². The maximum absolute atomic E-state index is 11.4. The van der Waals surface area contributed by atoms with Gasteiger partial charge in [-0.05, 0) is 33.4 Å². The molecule has 0 aliphatic carbocycles. The number of allylic oxidation sites excluding steroid dienone is 1. The second kappa shape index (κ2) is 4.42. The lowest BCUT2D eigenvalue weighted by atomic mass is 9.99. The van der Waals surface area contributed by atoms with Crippen LogP contribution in [0.3, 0.4) is 0 Å². The van der Waals surface area contributed by atoms with Crippen molar-refractivity contribution in [2.24, 2.45) is 5.92 Å². The first-order valence-electron chi connectivity index (χ1n) is 4.65. The van der Waals surface area contributed by atoms with Crippen molar-refractivity contribution in [1.82, 2.24) is 4.90 Å². The van der Waals surface area contributed by atoms with Crippen LogP contribution in [0.2, 0.25) is 0 Å². The lowest BCUT2D eigenvalue weighted by Crippen LogP contribution is -2.36. The van der Waals surface area contributed by atoms with E-state index in [0.717, 1.165) is 25.9 Å². The lowest BCUT2D eigenvalue weighted by molar-refractivity contribution is -0.145. The Morgan fingerprint density at radius 3 is 2.85 bits per heavy atom. The fourth-order valence-corrected chi connectivity index (χ4v) is 1.61. The van der Waals surface area contributed by atoms with Crippen LogP contribution in [0.1, 0.15) is 19.8 Å². The Bertz CT molecular complexity index is 213. The van der Waals surface area contributed by atoms with Gasteiger partial charge in [0.2, 0.25) is 0 Å². The predicted octanol–water partition coefficient (Wildman–Crippen LogP) is 1.41. The van der Waals surface area contributed by atoms with E-state index in [1.807, 2.05) is 7.05 Å². The van der Waals surface area contributed by atoms with E-state index in [0.29, 0.717) is 5.76 Å². The molecule has 0 aromatic carbocycles. The number of piperidine rings is 1. The molecule has 0 radical (unpaired) electrons. The van der Waals surface area contributed by atoms with Gasteiger partial charge in [0.1, 0.15) is 0 Å². The first-order valence-corrected chi connectivity index (χ1v) is 4.65. The molecule has 0 spiro atoms. The second-order valence-corrected chi connectivity index (χ2v) is 3.72. The van der Waals surface area contributed by atoms with Crippen molar-refractivity contribution in [3.05, 3.63) is 12.3 Å². The lowest BCUT2D eigenvalue weighted by Gasteiger charge is -2.27. The fraction of sp³-hybridized carbons (Fsp3) is 0.700. The zero-order valence-corrected chi connectivity index (χ0v) is 8.38. The molecule has 1 rings (SSSR count). The first-order chi connectivity index (χ1) is 6.09. The summed E-state index contributed by atoms with van der Waals surface area (Å²) in [4.78, 5) is 13.6. The molecule has 1 atom stereocenters. The molecular formula is C10H17NO2. The van der Waals surface area contributed by atoms with Gasteiger partial charge in [0.05, 0.1) is 11.7 Å². The van der Waals surface area contributed by atoms with Gasteiger partial charge in [-0.1, -0.05) is 6.58 Å². The molecule has 74 valence electrons. The molecule has 1 unspecified atom stereocenters. The molecule has 3 heteroatoms. The predicted molar refractivity (Wildman–Crippen MR) is 51.1 cm³/mol. The zero-order valence-electron chi connectivity index (χ0n) is 8.38. The molecule has 3 nitrogen and oxygen atoms in total. The Labute approximate surface area is 79.4 Å². The average Bonchev–Trinajstić information content (AvgIpc) is 2.03. The molecule has 0 aromatic rings. The molecule has 1 saturated heterocycles. The van der Waals surface area contributed by atoms with Crippen LogP contribution >= 0.6 is 0 Å². The minimum atomic E-state index is -0.126. The summed E-state index contributed by atoms with van der Waals surface area (Å²) in [7, 11) is 2.03. The maximum atomic E-state index is 11.4. The van der Waals surface area contributed by atoms with E-state index < -0.39 is 0 Å². The van der Waals surface area contributed by atoms with Gasteiger partial charge in [0.25, 0.3) is 0 Å². The second-order valence-electron chi connectivity index (χ2n) is 3.72. The highest BCUT2D eigenvalue weighted by Crippen LogP contribution is 2.17. The number of nitrogens with zero attached hydrogens (tertiary/aromatic N) is 1. The Morgan fingerprint density at radius 1 is 1.62 bits per heavy atom. The van der Waals surface area contributed by atoms with Gasteiger partial charge in [0, 0.05) is 6.54 Å². The van der Waals surface area contributed by atoms with Gasteiger partial charge in [-0.2, -0.15) is 0 Å². The Hall–Kier alpha value is -0.830. The first kappa shape index (κ1) is 10.3. The van der Waals surface area contributed by atoms with Gasteiger partial charge >= 0.3 is 5.97 Å². The molecular weight excluding hydrogens is 166 g/mol. The summed E-state index contributed by atoms with van der Waals surface area (Å²) in [6.45, 7) is 7.14. The van der Waals surface area contributed by atoms with Gasteiger partial charge in [0.15, 0.2) is 0 Å². The smallest absolute Gasteiger partial charge is 0.315 e. The summed E-state index contributed by atoms with van der Waals surface area (Å²) >= 11 is 0. The van der Waals surface area contributed by atoms with Crippen LogP contribution in [-0.4, -0.2) is 31.0 Å². The highest BCUT2D eigenvalue weighted by molar-refractivity contribution is 5.73. The summed E-state index contributed by atoms with van der Waals surface area (Å²) in [6.07, 6.45) is 2.02. The largest absolute Gasteiger partial charge is 0.432 e. The molecule has 0 N–H and O–H groups in total. The van der Waals surface area contributed by atoms with Crippen LogP contribution in [0.15, 0.2) is 12.3 Å². The topological polar surface area (TPSA) is 29.5 Å². The average molecular weight is 183 g/mol. The summed E-state index contributed by atoms with van der Waals surface area (Å²) in [5, 5.41) is 0. The van der Waals surface area contributed by atoms with E-state index >= 15 is 0 Å². The van der Waals surface area contributed by atoms with Crippen molar-refractivity contribution in [2.45, 2.75) is 19.8 Å². The van der Waals surface area contributed by atoms with Crippen molar-refractivity contribution in [1.29, 1.82) is 0 Å². The number of ether oxygens (including phenoxy) is 1. The minimum absolute atomic E-state index is 0.0375. The van der Waals surface area contributed by atoms with Crippen LogP contribution < -0.4 is 0 Å². The third kappa shape index (κ3) is 3.19. The number of rotatable bonds is 2. The highest BCUT2D eigenvalue weighted by atomic mass is 16.5. The van der Waals surface area contributed by atoms with Gasteiger partial charge in [-0.25, -0.2) is 0 Å². The molecule has 0 bridgehead atoms. The normalized spacial score (nSPS) is 24.0. The molecule has 1 aliphatic heterocycles. The van der Waals surface area contributed by atoms with E-state index in [1.54, 1.807) is 6.92 Å². The molecule has 1 aliphatic rings. The van der Waals surface area contributed by atoms with Gasteiger partial charge in [-0.3, -0.25) is 4.79 Å². The van der Waals surface area contributed by atoms with Crippen LogP contribution in [0, 0.1) is 5.92 Å². The van der Waals surface area contributed by atoms with Gasteiger partial charge < -0.3 is 9.64 Å². The van der Waals surface area contributed by atoms with Crippen molar-refractivity contribution in [2.75, 3.05) is 20.1 Å². The number of likely N-dealkylation sites (tertiary alicyclic amines) is 1. The maximum Gasteiger partial charge on any atom is 0.315 e. The van der Waals surface area contributed by atoms with Crippen molar-refractivity contribution < 1.29 is 9.53 Å². The molecule has 0 saturated carbocycles. The van der Waals surface area contributed by atoms with E-state index in [2.05, 4.69) is 11.5 Å². The summed E-state index contributed by atoms with van der Waals surface area (Å²) in [5.41, 5.74) is 0. The van der Waals surface area contributed by atoms with E-state index in [-0.39, 0.29) is 11.9 Å². The van der Waals surface area contributed by atoms with Crippen LogP contribution in [0.5, 0.6) is 0 Å². The quantitative estimate of drug-likeness (QED) is 0.479. The van der Waals surface area contributed by atoms with Crippen LogP contribution in [0.25, 0.3) is 0 Å². The Balaban J connectivity index is 2.41. The van der Waals surface area contributed by atoms with Gasteiger partial charge in [-0.15, -0.1) is 0 Å². The van der Waals surface area contributed by atoms with Crippen LogP contribution in [0.4, 0.5) is 0 Å². The molecule has 1 fully saturated rings. The van der Waals surface area contributed by atoms with Crippen LogP contribution in [-0.2, 0) is 9.53 Å². The SMILES string of the molecule is C=C(C)OC(=O)C1CCCN(C)C1. The highest BCUT2D eigenvalue weighted by Gasteiger charge is 2.25. The molecule has 13 heavy (non-hydrogen) atoms. The third-order valence-electron chi connectivity index (χ3n) is 2.23. The third-order valence-corrected chi connectivity index (χ3v) is 2.23. The monoisotopic (exact) mass is 183 g/mol. The Morgan fingerprint density at radius 2 is 2.31 bits per heavy atom. The van der Waals surface area contributed by atoms with E-state index in [4.69, 9.17) is 4.74 Å². The summed E-state index contributed by atoms with van der Waals surface area (Å²) < 4.78 is 4.98. The number of esters is 1. The summed E-state index contributed by atoms with van der Waals surface area (Å²) in [5.74, 6) is 0.396. The van der Waals surface area contributed by atoms with Crippen molar-refractivity contribution >= 4 is 5.97 Å². The van der Waals surface area contributed by atoms with E-state index in [9.17, 15) is 4.79 Å². The number of carbonyl (C=O) groups excluding carboxylic acids is 1. The molecule has 0 amide bonds. The molecule has 0 aromatic heterocycles. The fourth-order valence-electron chi connectivity index (χ4n) is 1.61. The zero-order chi connectivity index (χ0) is 9.84. The number of carbonyl (C=O) groups is 1. The number of hydrogen-bond donors (Lipinski definition) is 0. The Kier molecular flexibility index (Phi) is 3.48. The van der Waals surface area contributed by atoms with Crippen molar-refractivity contribution in [3.63, 3.8) is 0 Å². The number of hydrogen-bond acceptors (Lipinski definition) is 3. The molecule has 1 heterocycles.